The average Bonchev–Trinajstić information content (AvgIpc) is 3.03. The number of nitrogens with zero attached hydrogens (tertiary/aromatic N) is 3. The zero-order valence-corrected chi connectivity index (χ0v) is 9.20. The van der Waals surface area contributed by atoms with Crippen molar-refractivity contribution in [2.45, 2.75) is 19.8 Å². The van der Waals surface area contributed by atoms with E-state index >= 15 is 0 Å². The van der Waals surface area contributed by atoms with E-state index in [1.54, 1.807) is 13.0 Å². The molecule has 90 valence electrons. The number of nitro groups is 1. The third-order valence-electron chi connectivity index (χ3n) is 2.32. The van der Waals surface area contributed by atoms with Crippen LogP contribution in [0, 0.1) is 23.0 Å². The maximum Gasteiger partial charge on any atom is 0.338 e. The Bertz CT molecular complexity index is 488. The summed E-state index contributed by atoms with van der Waals surface area (Å²) in [7, 11) is 0. The van der Waals surface area contributed by atoms with Gasteiger partial charge in [-0.15, -0.1) is 5.10 Å². The third-order valence-corrected chi connectivity index (χ3v) is 2.32. The lowest BCUT2D eigenvalue weighted by molar-refractivity contribution is -0.401. The first kappa shape index (κ1) is 11.3. The van der Waals surface area contributed by atoms with Gasteiger partial charge in [-0.05, 0) is 25.8 Å². The molecule has 1 aromatic rings. The van der Waals surface area contributed by atoms with Gasteiger partial charge >= 0.3 is 5.97 Å². The molecule has 0 unspecified atom stereocenters. The van der Waals surface area contributed by atoms with E-state index in [0.717, 1.165) is 23.9 Å². The summed E-state index contributed by atoms with van der Waals surface area (Å²) in [6.45, 7) is 1.71. The van der Waals surface area contributed by atoms with E-state index in [4.69, 9.17) is 4.84 Å². The van der Waals surface area contributed by atoms with E-state index in [2.05, 4.69) is 5.10 Å². The normalized spacial score (nSPS) is 15.1. The second-order valence-corrected chi connectivity index (χ2v) is 3.87. The van der Waals surface area contributed by atoms with E-state index in [1.165, 1.54) is 6.08 Å². The molecule has 0 spiro atoms. The van der Waals surface area contributed by atoms with Gasteiger partial charge in [-0.1, -0.05) is 4.85 Å². The van der Waals surface area contributed by atoms with Crippen molar-refractivity contribution in [1.29, 1.82) is 0 Å². The molecule has 7 heteroatoms. The van der Waals surface area contributed by atoms with Crippen molar-refractivity contribution in [1.82, 2.24) is 9.94 Å². The summed E-state index contributed by atoms with van der Waals surface area (Å²) in [5.74, 6) is -0.322. The van der Waals surface area contributed by atoms with Crippen molar-refractivity contribution < 1.29 is 14.6 Å². The van der Waals surface area contributed by atoms with Gasteiger partial charge in [0.05, 0.1) is 22.2 Å². The minimum Gasteiger partial charge on any atom is -0.319 e. The van der Waals surface area contributed by atoms with Crippen LogP contribution < -0.4 is 4.84 Å². The van der Waals surface area contributed by atoms with Gasteiger partial charge in [0.25, 0.3) is 0 Å². The lowest BCUT2D eigenvalue weighted by Gasteiger charge is -2.02. The molecule has 1 aliphatic rings. The van der Waals surface area contributed by atoms with Crippen LogP contribution in [0.1, 0.15) is 24.2 Å². The van der Waals surface area contributed by atoms with Crippen LogP contribution in [0.5, 0.6) is 0 Å². The van der Waals surface area contributed by atoms with Crippen LogP contribution in [0.3, 0.4) is 0 Å². The Balaban J connectivity index is 2.07. The lowest BCUT2D eigenvalue weighted by Crippen LogP contribution is -2.23. The van der Waals surface area contributed by atoms with E-state index in [-0.39, 0.29) is 11.9 Å². The fourth-order valence-corrected chi connectivity index (χ4v) is 1.27. The molecular formula is C10H11N3O4. The number of hydrogen-bond donors (Lipinski definition) is 0. The Morgan fingerprint density at radius 3 is 3.00 bits per heavy atom. The SMILES string of the molecule is Cc1cc(/C=C/[N+](=O)[O-])nn1OC(=O)C1CC1. The lowest BCUT2D eigenvalue weighted by atomic mass is 10.4. The highest BCUT2D eigenvalue weighted by atomic mass is 16.7. The second-order valence-electron chi connectivity index (χ2n) is 3.87. The predicted molar refractivity (Wildman–Crippen MR) is 57.3 cm³/mol. The quantitative estimate of drug-likeness (QED) is 0.571. The number of carbonyl (C=O) groups excluding carboxylic acids is 1. The van der Waals surface area contributed by atoms with Crippen molar-refractivity contribution in [3.8, 4) is 0 Å². The molecule has 0 aromatic carbocycles. The van der Waals surface area contributed by atoms with Gasteiger partial charge in [-0.25, -0.2) is 4.79 Å². The Hall–Kier alpha value is -2.18. The minimum atomic E-state index is -0.579. The molecule has 1 aromatic heterocycles. The number of rotatable bonds is 4. The fraction of sp³-hybridized carbons (Fsp3) is 0.400. The predicted octanol–water partition coefficient (Wildman–Crippen LogP) is 0.804. The van der Waals surface area contributed by atoms with Gasteiger partial charge in [0.15, 0.2) is 0 Å². The molecule has 1 fully saturated rings. The van der Waals surface area contributed by atoms with Crippen LogP contribution in [0.2, 0.25) is 0 Å². The molecule has 1 saturated carbocycles. The first-order valence-electron chi connectivity index (χ1n) is 5.17. The zero-order chi connectivity index (χ0) is 12.4. The smallest absolute Gasteiger partial charge is 0.319 e. The Kier molecular flexibility index (Phi) is 2.90. The fourth-order valence-electron chi connectivity index (χ4n) is 1.27. The van der Waals surface area contributed by atoms with Crippen LogP contribution in [0.25, 0.3) is 6.08 Å². The summed E-state index contributed by atoms with van der Waals surface area (Å²) in [4.78, 5) is 27.1. The molecule has 17 heavy (non-hydrogen) atoms. The van der Waals surface area contributed by atoms with E-state index in [1.807, 2.05) is 0 Å². The molecule has 1 aliphatic carbocycles. The summed E-state index contributed by atoms with van der Waals surface area (Å²) in [5.41, 5.74) is 0.991. The number of aryl methyl sites for hydroxylation is 1. The van der Waals surface area contributed by atoms with Crippen LogP contribution in [-0.2, 0) is 4.79 Å². The molecule has 0 atom stereocenters. The molecule has 0 saturated heterocycles. The number of aromatic nitrogens is 2. The number of carbonyl (C=O) groups is 1. The van der Waals surface area contributed by atoms with Gasteiger partial charge in [0, 0.05) is 6.08 Å². The standard InChI is InChI=1S/C10H11N3O4/c1-7-6-9(4-5-12(15)16)11-13(7)17-10(14)8-2-3-8/h4-6,8H,2-3H2,1H3/b5-4+. The van der Waals surface area contributed by atoms with E-state index < -0.39 is 4.92 Å². The molecule has 0 N–H and O–H groups in total. The van der Waals surface area contributed by atoms with Gasteiger partial charge < -0.3 is 4.84 Å². The Morgan fingerprint density at radius 1 is 1.71 bits per heavy atom. The van der Waals surface area contributed by atoms with Gasteiger partial charge in [0.2, 0.25) is 6.20 Å². The molecule has 2 rings (SSSR count). The third kappa shape index (κ3) is 2.90. The van der Waals surface area contributed by atoms with Crippen molar-refractivity contribution in [3.63, 3.8) is 0 Å². The highest BCUT2D eigenvalue weighted by molar-refractivity contribution is 5.75. The monoisotopic (exact) mass is 237 g/mol. The molecule has 0 bridgehead atoms. The van der Waals surface area contributed by atoms with E-state index in [9.17, 15) is 14.9 Å². The second kappa shape index (κ2) is 4.36. The molecule has 7 nitrogen and oxygen atoms in total. The van der Waals surface area contributed by atoms with Gasteiger partial charge in [0.1, 0.15) is 0 Å². The van der Waals surface area contributed by atoms with Crippen LogP contribution in [0.4, 0.5) is 0 Å². The maximum absolute atomic E-state index is 11.4. The van der Waals surface area contributed by atoms with Crippen molar-refractivity contribution >= 4 is 12.0 Å². The zero-order valence-electron chi connectivity index (χ0n) is 9.20. The van der Waals surface area contributed by atoms with Crippen LogP contribution in [-0.4, -0.2) is 20.8 Å². The van der Waals surface area contributed by atoms with Gasteiger partial charge in [-0.2, -0.15) is 0 Å². The molecule has 0 aliphatic heterocycles. The first-order chi connectivity index (χ1) is 8.06. The topological polar surface area (TPSA) is 87.3 Å². The highest BCUT2D eigenvalue weighted by Crippen LogP contribution is 2.29. The van der Waals surface area contributed by atoms with Gasteiger partial charge in [-0.3, -0.25) is 10.1 Å². The Morgan fingerprint density at radius 2 is 2.41 bits per heavy atom. The van der Waals surface area contributed by atoms with Crippen molar-refractivity contribution in [3.05, 3.63) is 33.8 Å². The summed E-state index contributed by atoms with van der Waals surface area (Å²) in [6.07, 6.45) is 3.74. The molecule has 0 radical (unpaired) electrons. The molecule has 0 amide bonds. The largest absolute Gasteiger partial charge is 0.338 e. The van der Waals surface area contributed by atoms with Crippen molar-refractivity contribution in [2.24, 2.45) is 5.92 Å². The molecular weight excluding hydrogens is 226 g/mol. The van der Waals surface area contributed by atoms with E-state index in [0.29, 0.717) is 11.4 Å². The van der Waals surface area contributed by atoms with Crippen molar-refractivity contribution in [2.75, 3.05) is 0 Å². The first-order valence-corrected chi connectivity index (χ1v) is 5.17. The summed E-state index contributed by atoms with van der Waals surface area (Å²) >= 11 is 0. The maximum atomic E-state index is 11.4. The highest BCUT2D eigenvalue weighted by Gasteiger charge is 2.32. The summed E-state index contributed by atoms with van der Waals surface area (Å²) in [5, 5.41) is 14.1. The van der Waals surface area contributed by atoms with Crippen LogP contribution in [0.15, 0.2) is 12.3 Å². The minimum absolute atomic E-state index is 0.0173. The summed E-state index contributed by atoms with van der Waals surface area (Å²) < 4.78 is 0. The molecule has 1 heterocycles. The number of hydrogen-bond acceptors (Lipinski definition) is 5. The average molecular weight is 237 g/mol. The summed E-state index contributed by atoms with van der Waals surface area (Å²) in [6, 6.07) is 1.60. The van der Waals surface area contributed by atoms with Crippen LogP contribution >= 0.6 is 0 Å². The Labute approximate surface area is 96.8 Å².